The fourth-order valence-electron chi connectivity index (χ4n) is 2.72. The molecule has 0 aromatic heterocycles. The second-order valence-electron chi connectivity index (χ2n) is 5.99. The highest BCUT2D eigenvalue weighted by molar-refractivity contribution is 8.59. The van der Waals surface area contributed by atoms with E-state index < -0.39 is 6.80 Å². The molecule has 2 aromatic rings. The lowest BCUT2D eigenvalue weighted by Crippen LogP contribution is -2.11. The molecule has 144 valence electrons. The Morgan fingerprint density at radius 3 is 2.41 bits per heavy atom. The average molecular weight is 425 g/mol. The van der Waals surface area contributed by atoms with Crippen molar-refractivity contribution in [2.45, 2.75) is 26.9 Å². The maximum atomic E-state index is 13.1. The minimum absolute atomic E-state index is 0.293. The maximum Gasteiger partial charge on any atom is 0.393 e. The normalized spacial score (nSPS) is 16.4. The maximum absolute atomic E-state index is 13.1. The first-order chi connectivity index (χ1) is 12.9. The van der Waals surface area contributed by atoms with Crippen molar-refractivity contribution in [2.75, 3.05) is 13.2 Å². The lowest BCUT2D eigenvalue weighted by molar-refractivity contribution is 0.237. The number of benzene rings is 2. The molecule has 0 saturated carbocycles. The Hall–Kier alpha value is -1.23. The predicted molar refractivity (Wildman–Crippen MR) is 112 cm³/mol. The van der Waals surface area contributed by atoms with Crippen molar-refractivity contribution in [2.24, 2.45) is 0 Å². The van der Waals surface area contributed by atoms with Gasteiger partial charge in [0, 0.05) is 15.5 Å². The second-order valence-corrected chi connectivity index (χ2v) is 10.4. The Kier molecular flexibility index (Phi) is 6.72. The molecule has 1 atom stereocenters. The standard InChI is InChI=1S/C20H22ClO4PS/c1-4-23-26(22,24-5-2)27-20-13-19(15-8-6-14(3)7-9-15)25-18-11-10-16(21)12-17(18)20/h6-13,19H,4-5H2,1-3H3. The average Bonchev–Trinajstić information content (AvgIpc) is 2.63. The van der Waals surface area contributed by atoms with Gasteiger partial charge in [-0.1, -0.05) is 41.4 Å². The number of rotatable bonds is 7. The molecule has 0 aliphatic carbocycles. The van der Waals surface area contributed by atoms with E-state index in [9.17, 15) is 4.57 Å². The van der Waals surface area contributed by atoms with Gasteiger partial charge in [-0.25, -0.2) is 4.57 Å². The van der Waals surface area contributed by atoms with Gasteiger partial charge in [0.1, 0.15) is 11.9 Å². The van der Waals surface area contributed by atoms with E-state index in [2.05, 4.69) is 0 Å². The molecule has 1 unspecified atom stereocenters. The van der Waals surface area contributed by atoms with E-state index in [0.717, 1.165) is 27.4 Å². The highest BCUT2D eigenvalue weighted by Crippen LogP contribution is 2.66. The van der Waals surface area contributed by atoms with E-state index in [1.165, 1.54) is 5.56 Å². The monoisotopic (exact) mass is 424 g/mol. The van der Waals surface area contributed by atoms with E-state index in [1.54, 1.807) is 19.9 Å². The minimum atomic E-state index is -3.33. The number of ether oxygens (including phenoxy) is 1. The van der Waals surface area contributed by atoms with Crippen LogP contribution in [0.3, 0.4) is 0 Å². The summed E-state index contributed by atoms with van der Waals surface area (Å²) in [5, 5.41) is 0.584. The molecule has 7 heteroatoms. The molecule has 0 amide bonds. The van der Waals surface area contributed by atoms with Crippen LogP contribution in [0.1, 0.15) is 36.6 Å². The lowest BCUT2D eigenvalue weighted by atomic mass is 10.0. The molecule has 0 saturated heterocycles. The molecule has 1 aliphatic rings. The summed E-state index contributed by atoms with van der Waals surface area (Å²) in [6.45, 7) is 2.91. The third kappa shape index (κ3) is 4.98. The number of hydrogen-bond donors (Lipinski definition) is 0. The van der Waals surface area contributed by atoms with E-state index in [0.29, 0.717) is 24.0 Å². The van der Waals surface area contributed by atoms with E-state index in [1.807, 2.05) is 49.4 Å². The van der Waals surface area contributed by atoms with Gasteiger partial charge in [-0.05, 0) is 62.0 Å². The molecule has 0 N–H and O–H groups in total. The van der Waals surface area contributed by atoms with E-state index >= 15 is 0 Å². The summed E-state index contributed by atoms with van der Waals surface area (Å²) in [5.41, 5.74) is 2.98. The highest BCUT2D eigenvalue weighted by atomic mass is 35.5. The van der Waals surface area contributed by atoms with Crippen molar-refractivity contribution < 1.29 is 18.3 Å². The van der Waals surface area contributed by atoms with E-state index in [4.69, 9.17) is 25.4 Å². The van der Waals surface area contributed by atoms with Gasteiger partial charge >= 0.3 is 6.80 Å². The van der Waals surface area contributed by atoms with Crippen molar-refractivity contribution in [3.05, 3.63) is 70.3 Å². The Balaban J connectivity index is 2.01. The highest BCUT2D eigenvalue weighted by Gasteiger charge is 2.32. The summed E-state index contributed by atoms with van der Waals surface area (Å²) in [7, 11) is 0. The molecule has 27 heavy (non-hydrogen) atoms. The summed E-state index contributed by atoms with van der Waals surface area (Å²) >= 11 is 7.29. The first-order valence-corrected chi connectivity index (χ1v) is 12.1. The Morgan fingerprint density at radius 2 is 1.78 bits per heavy atom. The molecule has 3 rings (SSSR count). The third-order valence-electron chi connectivity index (χ3n) is 3.95. The van der Waals surface area contributed by atoms with Crippen LogP contribution in [0, 0.1) is 6.92 Å². The Labute approximate surface area is 169 Å². The molecule has 4 nitrogen and oxygen atoms in total. The van der Waals surface area contributed by atoms with E-state index in [-0.39, 0.29) is 6.10 Å². The van der Waals surface area contributed by atoms with Crippen molar-refractivity contribution in [1.29, 1.82) is 0 Å². The molecule has 0 bridgehead atoms. The zero-order chi connectivity index (χ0) is 19.4. The number of hydrogen-bond acceptors (Lipinski definition) is 5. The summed E-state index contributed by atoms with van der Waals surface area (Å²) in [6.07, 6.45) is 1.65. The van der Waals surface area contributed by atoms with Crippen LogP contribution in [0.25, 0.3) is 4.91 Å². The van der Waals surface area contributed by atoms with Crippen LogP contribution in [-0.2, 0) is 13.6 Å². The fraction of sp³-hybridized carbons (Fsp3) is 0.300. The van der Waals surface area contributed by atoms with Gasteiger partial charge in [-0.3, -0.25) is 0 Å². The molecule has 1 heterocycles. The van der Waals surface area contributed by atoms with Gasteiger partial charge in [-0.2, -0.15) is 0 Å². The third-order valence-corrected chi connectivity index (χ3v) is 8.01. The summed E-state index contributed by atoms with van der Waals surface area (Å²) in [5.74, 6) is 0.689. The zero-order valence-electron chi connectivity index (χ0n) is 15.5. The van der Waals surface area contributed by atoms with Gasteiger partial charge in [-0.15, -0.1) is 0 Å². The predicted octanol–water partition coefficient (Wildman–Crippen LogP) is 7.04. The van der Waals surface area contributed by atoms with Crippen LogP contribution in [0.4, 0.5) is 0 Å². The Bertz CT molecular complexity index is 872. The quantitative estimate of drug-likeness (QED) is 0.446. The van der Waals surface area contributed by atoms with Gasteiger partial charge in [0.25, 0.3) is 0 Å². The van der Waals surface area contributed by atoms with Crippen LogP contribution < -0.4 is 4.74 Å². The van der Waals surface area contributed by atoms with Gasteiger partial charge in [0.05, 0.1) is 13.2 Å². The van der Waals surface area contributed by atoms with Gasteiger partial charge in [0.15, 0.2) is 0 Å². The van der Waals surface area contributed by atoms with Crippen LogP contribution in [0.15, 0.2) is 48.5 Å². The second kappa shape index (κ2) is 8.85. The van der Waals surface area contributed by atoms with Crippen molar-refractivity contribution in [1.82, 2.24) is 0 Å². The first kappa shape index (κ1) is 20.5. The molecular weight excluding hydrogens is 403 g/mol. The molecule has 0 spiro atoms. The minimum Gasteiger partial charge on any atom is -0.481 e. The number of halogens is 1. The first-order valence-electron chi connectivity index (χ1n) is 8.77. The van der Waals surface area contributed by atoms with Crippen molar-refractivity contribution in [3.63, 3.8) is 0 Å². The smallest absolute Gasteiger partial charge is 0.393 e. The SMILES string of the molecule is CCOP(=O)(OCC)SC1=CC(c2ccc(C)cc2)Oc2ccc(Cl)cc21. The summed E-state index contributed by atoms with van der Waals surface area (Å²) in [4.78, 5) is 0.773. The lowest BCUT2D eigenvalue weighted by Gasteiger charge is -2.27. The molecule has 0 fully saturated rings. The fourth-order valence-corrected chi connectivity index (χ4v) is 6.54. The van der Waals surface area contributed by atoms with Crippen LogP contribution in [0.2, 0.25) is 5.02 Å². The molecule has 0 radical (unpaired) electrons. The summed E-state index contributed by atoms with van der Waals surface area (Å²) in [6, 6.07) is 13.6. The molecular formula is C20H22ClO4PS. The van der Waals surface area contributed by atoms with Crippen LogP contribution in [-0.4, -0.2) is 13.2 Å². The number of fused-ring (bicyclic) bond motifs is 1. The van der Waals surface area contributed by atoms with Gasteiger partial charge < -0.3 is 13.8 Å². The van der Waals surface area contributed by atoms with Crippen LogP contribution in [0.5, 0.6) is 5.75 Å². The largest absolute Gasteiger partial charge is 0.481 e. The van der Waals surface area contributed by atoms with Crippen molar-refractivity contribution >= 4 is 34.7 Å². The number of aryl methyl sites for hydroxylation is 1. The van der Waals surface area contributed by atoms with Gasteiger partial charge in [0.2, 0.25) is 0 Å². The summed E-state index contributed by atoms with van der Waals surface area (Å²) < 4.78 is 30.1. The zero-order valence-corrected chi connectivity index (χ0v) is 17.9. The molecule has 1 aliphatic heterocycles. The van der Waals surface area contributed by atoms with Crippen LogP contribution >= 0.6 is 29.8 Å². The molecule has 2 aromatic carbocycles. The van der Waals surface area contributed by atoms with Crippen molar-refractivity contribution in [3.8, 4) is 5.75 Å². The Morgan fingerprint density at radius 1 is 1.11 bits per heavy atom. The topological polar surface area (TPSA) is 44.8 Å².